The number of fused-ring (bicyclic) bond motifs is 1. The molecule has 31 heavy (non-hydrogen) atoms. The number of methoxy groups -OCH3 is 1. The fourth-order valence-electron chi connectivity index (χ4n) is 4.03. The Hall–Kier alpha value is -2.98. The van der Waals surface area contributed by atoms with Crippen molar-refractivity contribution in [2.24, 2.45) is 0 Å². The van der Waals surface area contributed by atoms with Crippen LogP contribution in [0.5, 0.6) is 5.75 Å². The smallest absolute Gasteiger partial charge is 0.197 e. The number of anilines is 1. The third kappa shape index (κ3) is 3.55. The van der Waals surface area contributed by atoms with Crippen LogP contribution < -0.4 is 9.64 Å². The third-order valence-corrected chi connectivity index (χ3v) is 6.81. The number of H-pyrrole nitrogens is 1. The summed E-state index contributed by atoms with van der Waals surface area (Å²) < 4.78 is 7.26. The molecular formula is C21H26N8OS. The first-order chi connectivity index (χ1) is 15.0. The molecule has 0 unspecified atom stereocenters. The van der Waals surface area contributed by atoms with E-state index in [-0.39, 0.29) is 5.92 Å². The van der Waals surface area contributed by atoms with Gasteiger partial charge in [0.25, 0.3) is 0 Å². The summed E-state index contributed by atoms with van der Waals surface area (Å²) in [5.41, 5.74) is 4.62. The fourth-order valence-corrected chi connectivity index (χ4v) is 5.00. The lowest BCUT2D eigenvalue weighted by atomic mass is 9.97. The average molecular weight is 439 g/mol. The van der Waals surface area contributed by atoms with E-state index in [9.17, 15) is 0 Å². The topological polar surface area (TPSA) is 87.5 Å². The molecule has 0 aromatic carbocycles. The summed E-state index contributed by atoms with van der Waals surface area (Å²) in [5, 5.41) is 14.4. The first-order valence-electron chi connectivity index (χ1n) is 10.4. The Morgan fingerprint density at radius 1 is 1.16 bits per heavy atom. The lowest BCUT2D eigenvalue weighted by Crippen LogP contribution is -2.44. The minimum atomic E-state index is 0.261. The summed E-state index contributed by atoms with van der Waals surface area (Å²) in [6.45, 7) is 8.56. The summed E-state index contributed by atoms with van der Waals surface area (Å²) in [7, 11) is 3.81. The monoisotopic (exact) mass is 438 g/mol. The zero-order valence-electron chi connectivity index (χ0n) is 18.2. The molecule has 5 heterocycles. The van der Waals surface area contributed by atoms with E-state index >= 15 is 0 Å². The van der Waals surface area contributed by atoms with Crippen LogP contribution in [0.2, 0.25) is 0 Å². The Morgan fingerprint density at radius 2 is 1.97 bits per heavy atom. The molecule has 1 saturated heterocycles. The van der Waals surface area contributed by atoms with Gasteiger partial charge in [-0.05, 0) is 19.0 Å². The second-order valence-electron chi connectivity index (χ2n) is 8.13. The number of likely N-dealkylation sites (N-methyl/N-ethyl adjacent to an activating group) is 1. The van der Waals surface area contributed by atoms with Gasteiger partial charge in [0, 0.05) is 43.5 Å². The zero-order chi connectivity index (χ0) is 21.5. The highest BCUT2D eigenvalue weighted by molar-refractivity contribution is 7.18. The van der Waals surface area contributed by atoms with Gasteiger partial charge in [-0.15, -0.1) is 0 Å². The van der Waals surface area contributed by atoms with Crippen LogP contribution >= 0.6 is 11.3 Å². The number of pyridine rings is 1. The van der Waals surface area contributed by atoms with Crippen molar-refractivity contribution in [3.8, 4) is 27.7 Å². The molecule has 0 radical (unpaired) electrons. The molecule has 1 aliphatic rings. The van der Waals surface area contributed by atoms with Crippen molar-refractivity contribution >= 4 is 22.0 Å². The molecule has 162 valence electrons. The van der Waals surface area contributed by atoms with Gasteiger partial charge < -0.3 is 14.5 Å². The van der Waals surface area contributed by atoms with Crippen molar-refractivity contribution in [2.45, 2.75) is 19.8 Å². The maximum atomic E-state index is 5.54. The van der Waals surface area contributed by atoms with Gasteiger partial charge in [-0.25, -0.2) is 14.5 Å². The number of nitrogens with one attached hydrogen (secondary N) is 1. The zero-order valence-corrected chi connectivity index (χ0v) is 19.0. The van der Waals surface area contributed by atoms with Gasteiger partial charge in [-0.1, -0.05) is 25.2 Å². The minimum Gasteiger partial charge on any atom is -0.493 e. The van der Waals surface area contributed by atoms with E-state index < -0.39 is 0 Å². The Morgan fingerprint density at radius 3 is 2.71 bits per heavy atom. The summed E-state index contributed by atoms with van der Waals surface area (Å²) >= 11 is 1.72. The van der Waals surface area contributed by atoms with Crippen molar-refractivity contribution in [1.29, 1.82) is 0 Å². The number of aromatic nitrogens is 6. The summed E-state index contributed by atoms with van der Waals surface area (Å²) in [4.78, 5) is 13.8. The molecule has 1 aliphatic heterocycles. The molecule has 0 amide bonds. The molecule has 10 heteroatoms. The molecule has 9 nitrogen and oxygen atoms in total. The Bertz CT molecular complexity index is 1200. The number of nitrogens with zero attached hydrogens (tertiary/aromatic N) is 7. The number of hydrogen-bond donors (Lipinski definition) is 1. The summed E-state index contributed by atoms with van der Waals surface area (Å²) in [6.07, 6.45) is 5.45. The van der Waals surface area contributed by atoms with E-state index in [0.717, 1.165) is 53.7 Å². The Balaban J connectivity index is 1.54. The first kappa shape index (κ1) is 20.0. The van der Waals surface area contributed by atoms with Crippen LogP contribution in [0.15, 0.2) is 24.8 Å². The first-order valence-corrected chi connectivity index (χ1v) is 11.2. The van der Waals surface area contributed by atoms with Crippen LogP contribution in [-0.2, 0) is 0 Å². The van der Waals surface area contributed by atoms with Crippen molar-refractivity contribution in [1.82, 2.24) is 34.7 Å². The SMILES string of the molecule is COc1cc(-c2n[nH]c(-c3ncc(N4CCN(C)CC4)s3)c2C(C)C)cn2ncnc12. The highest BCUT2D eigenvalue weighted by atomic mass is 32.1. The van der Waals surface area contributed by atoms with Gasteiger partial charge in [0.05, 0.1) is 24.7 Å². The predicted octanol–water partition coefficient (Wildman–Crippen LogP) is 3.13. The van der Waals surface area contributed by atoms with Crippen molar-refractivity contribution in [3.05, 3.63) is 30.4 Å². The lowest BCUT2D eigenvalue weighted by molar-refractivity contribution is 0.313. The highest BCUT2D eigenvalue weighted by Crippen LogP contribution is 2.39. The van der Waals surface area contributed by atoms with E-state index in [1.807, 2.05) is 18.5 Å². The molecule has 4 aromatic heterocycles. The van der Waals surface area contributed by atoms with Crippen LogP contribution in [0.25, 0.3) is 27.6 Å². The van der Waals surface area contributed by atoms with Gasteiger partial charge in [-0.2, -0.15) is 10.2 Å². The molecule has 5 rings (SSSR count). The van der Waals surface area contributed by atoms with Gasteiger partial charge in [0.1, 0.15) is 16.3 Å². The Kier molecular flexibility index (Phi) is 5.11. The molecule has 1 fully saturated rings. The highest BCUT2D eigenvalue weighted by Gasteiger charge is 2.24. The molecular weight excluding hydrogens is 412 g/mol. The predicted molar refractivity (Wildman–Crippen MR) is 122 cm³/mol. The second-order valence-corrected chi connectivity index (χ2v) is 9.14. The van der Waals surface area contributed by atoms with Crippen molar-refractivity contribution < 1.29 is 4.74 Å². The molecule has 0 spiro atoms. The molecule has 1 N–H and O–H groups in total. The quantitative estimate of drug-likeness (QED) is 0.512. The van der Waals surface area contributed by atoms with Gasteiger partial charge in [0.15, 0.2) is 11.4 Å². The van der Waals surface area contributed by atoms with Gasteiger partial charge in [-0.3, -0.25) is 5.10 Å². The largest absolute Gasteiger partial charge is 0.493 e. The van der Waals surface area contributed by atoms with Crippen LogP contribution in [0.1, 0.15) is 25.3 Å². The summed E-state index contributed by atoms with van der Waals surface area (Å²) in [6, 6.07) is 1.97. The maximum Gasteiger partial charge on any atom is 0.197 e. The van der Waals surface area contributed by atoms with E-state index in [1.54, 1.807) is 23.0 Å². The van der Waals surface area contributed by atoms with Crippen molar-refractivity contribution in [2.75, 3.05) is 45.2 Å². The van der Waals surface area contributed by atoms with Crippen LogP contribution in [-0.4, -0.2) is 75.0 Å². The fraction of sp³-hybridized carbons (Fsp3) is 0.429. The lowest BCUT2D eigenvalue weighted by Gasteiger charge is -2.32. The standard InChI is InChI=1S/C21H26N8OS/c1-13(2)17-18(14-9-15(30-4)20-23-12-24-29(20)11-14)25-26-19(17)21-22-10-16(31-21)28-7-5-27(3)6-8-28/h9-13H,5-8H2,1-4H3,(H,25,26). The minimum absolute atomic E-state index is 0.261. The number of hydrogen-bond acceptors (Lipinski definition) is 8. The normalized spacial score (nSPS) is 15.3. The number of aromatic amines is 1. The molecule has 0 atom stereocenters. The number of rotatable bonds is 5. The maximum absolute atomic E-state index is 5.54. The van der Waals surface area contributed by atoms with E-state index in [1.165, 1.54) is 11.3 Å². The number of ether oxygens (including phenoxy) is 1. The van der Waals surface area contributed by atoms with E-state index in [4.69, 9.17) is 9.72 Å². The number of piperazine rings is 1. The Labute approximate surface area is 184 Å². The van der Waals surface area contributed by atoms with E-state index in [2.05, 4.69) is 51.0 Å². The van der Waals surface area contributed by atoms with Gasteiger partial charge in [0.2, 0.25) is 0 Å². The molecule has 0 aliphatic carbocycles. The van der Waals surface area contributed by atoms with Crippen LogP contribution in [0.3, 0.4) is 0 Å². The van der Waals surface area contributed by atoms with Crippen molar-refractivity contribution in [3.63, 3.8) is 0 Å². The van der Waals surface area contributed by atoms with Crippen LogP contribution in [0.4, 0.5) is 5.00 Å². The molecule has 0 bridgehead atoms. The van der Waals surface area contributed by atoms with E-state index in [0.29, 0.717) is 11.4 Å². The third-order valence-electron chi connectivity index (χ3n) is 5.74. The second kappa shape index (κ2) is 7.93. The van der Waals surface area contributed by atoms with Crippen LogP contribution in [0, 0.1) is 0 Å². The molecule has 0 saturated carbocycles. The molecule has 4 aromatic rings. The average Bonchev–Trinajstić information content (AvgIpc) is 3.51. The summed E-state index contributed by atoms with van der Waals surface area (Å²) in [5.74, 6) is 0.929. The number of thiazole rings is 1. The van der Waals surface area contributed by atoms with Gasteiger partial charge >= 0.3 is 0 Å².